The number of nitrogens with zero attached hydrogens (tertiary/aromatic N) is 2. The largest absolute Gasteiger partial charge is 0.508 e. The lowest BCUT2D eigenvalue weighted by Crippen LogP contribution is -2.38. The average molecular weight is 387 g/mol. The highest BCUT2D eigenvalue weighted by Gasteiger charge is 2.13. The molecule has 0 aromatic heterocycles. The van der Waals surface area contributed by atoms with Crippen molar-refractivity contribution in [1.29, 1.82) is 0 Å². The van der Waals surface area contributed by atoms with Crippen molar-refractivity contribution < 1.29 is 19.3 Å². The predicted octanol–water partition coefficient (Wildman–Crippen LogP) is 2.93. The highest BCUT2D eigenvalue weighted by Crippen LogP contribution is 2.30. The summed E-state index contributed by atoms with van der Waals surface area (Å²) in [4.78, 5) is 6.35. The monoisotopic (exact) mass is 387 g/mol. The molecule has 0 spiro atoms. The topological polar surface area (TPSA) is 75.6 Å². The molecule has 0 fully saturated rings. The van der Waals surface area contributed by atoms with E-state index in [2.05, 4.69) is 10.3 Å². The third-order valence-corrected chi connectivity index (χ3v) is 4.55. The number of hydrogen-bond acceptors (Lipinski definition) is 5. The Morgan fingerprint density at radius 1 is 1.04 bits per heavy atom. The number of aromatic hydroxyl groups is 1. The molecule has 0 saturated carbocycles. The fourth-order valence-corrected chi connectivity index (χ4v) is 2.91. The number of phenolic OH excluding ortho intramolecular Hbond substituents is 1. The number of hydrogen-bond donors (Lipinski definition) is 2. The van der Waals surface area contributed by atoms with Crippen LogP contribution in [0.4, 0.5) is 0 Å². The Hall–Kier alpha value is -3.09. The second kappa shape index (κ2) is 9.73. The minimum atomic E-state index is 0.210. The zero-order valence-corrected chi connectivity index (χ0v) is 17.4. The number of rotatable bonds is 7. The molecule has 2 rings (SSSR count). The van der Waals surface area contributed by atoms with E-state index in [-0.39, 0.29) is 5.75 Å². The van der Waals surface area contributed by atoms with E-state index in [1.54, 1.807) is 46.6 Å². The van der Waals surface area contributed by atoms with Crippen molar-refractivity contribution >= 4 is 5.96 Å². The second-order valence-electron chi connectivity index (χ2n) is 6.39. The maximum absolute atomic E-state index is 10.1. The Labute approximate surface area is 166 Å². The number of methoxy groups -OCH3 is 3. The van der Waals surface area contributed by atoms with Crippen molar-refractivity contribution in [3.05, 3.63) is 47.0 Å². The first kappa shape index (κ1) is 21.2. The zero-order valence-electron chi connectivity index (χ0n) is 17.4. The van der Waals surface area contributed by atoms with Crippen molar-refractivity contribution in [3.63, 3.8) is 0 Å². The van der Waals surface area contributed by atoms with Gasteiger partial charge in [-0.3, -0.25) is 4.99 Å². The van der Waals surface area contributed by atoms with Gasteiger partial charge < -0.3 is 29.5 Å². The van der Waals surface area contributed by atoms with Gasteiger partial charge in [0.1, 0.15) is 11.5 Å². The van der Waals surface area contributed by atoms with E-state index in [1.807, 2.05) is 31.0 Å². The molecule has 0 radical (unpaired) electrons. The molecule has 2 aromatic carbocycles. The number of nitrogens with one attached hydrogen (secondary N) is 1. The van der Waals surface area contributed by atoms with E-state index >= 15 is 0 Å². The van der Waals surface area contributed by atoms with Gasteiger partial charge in [0.15, 0.2) is 17.5 Å². The van der Waals surface area contributed by atoms with Gasteiger partial charge in [0.2, 0.25) is 0 Å². The van der Waals surface area contributed by atoms with Crippen molar-refractivity contribution in [2.24, 2.45) is 4.99 Å². The van der Waals surface area contributed by atoms with Gasteiger partial charge in [-0.15, -0.1) is 0 Å². The van der Waals surface area contributed by atoms with Gasteiger partial charge in [-0.25, -0.2) is 0 Å². The molecule has 0 aliphatic rings. The maximum Gasteiger partial charge on any atom is 0.193 e. The van der Waals surface area contributed by atoms with Crippen LogP contribution >= 0.6 is 0 Å². The van der Waals surface area contributed by atoms with Crippen LogP contribution in [0.3, 0.4) is 0 Å². The third-order valence-electron chi connectivity index (χ3n) is 4.55. The molecule has 28 heavy (non-hydrogen) atoms. The lowest BCUT2D eigenvalue weighted by molar-refractivity contribution is 0.353. The summed E-state index contributed by atoms with van der Waals surface area (Å²) in [7, 11) is 8.54. The Morgan fingerprint density at radius 3 is 2.32 bits per heavy atom. The number of aliphatic imine (C=N–C) groups is 1. The molecule has 0 aliphatic carbocycles. The molecule has 2 aromatic rings. The van der Waals surface area contributed by atoms with Gasteiger partial charge in [-0.2, -0.15) is 0 Å². The van der Waals surface area contributed by atoms with E-state index in [9.17, 15) is 5.11 Å². The van der Waals surface area contributed by atoms with Crippen molar-refractivity contribution in [2.45, 2.75) is 20.0 Å². The number of guanidine groups is 1. The quantitative estimate of drug-likeness (QED) is 0.562. The van der Waals surface area contributed by atoms with Crippen LogP contribution in [-0.2, 0) is 13.1 Å². The third kappa shape index (κ3) is 5.00. The van der Waals surface area contributed by atoms with Crippen LogP contribution in [-0.4, -0.2) is 51.4 Å². The number of aryl methyl sites for hydroxylation is 1. The maximum atomic E-state index is 10.1. The smallest absolute Gasteiger partial charge is 0.193 e. The van der Waals surface area contributed by atoms with Gasteiger partial charge in [0.05, 0.1) is 21.3 Å². The summed E-state index contributed by atoms with van der Waals surface area (Å²) in [5, 5.41) is 13.3. The van der Waals surface area contributed by atoms with Crippen LogP contribution in [0.1, 0.15) is 16.7 Å². The molecule has 7 nitrogen and oxygen atoms in total. The van der Waals surface area contributed by atoms with Crippen LogP contribution in [0.15, 0.2) is 35.3 Å². The highest BCUT2D eigenvalue weighted by molar-refractivity contribution is 5.79. The number of ether oxygens (including phenoxy) is 3. The first-order valence-corrected chi connectivity index (χ1v) is 8.92. The van der Waals surface area contributed by atoms with Crippen LogP contribution in [0.5, 0.6) is 23.0 Å². The van der Waals surface area contributed by atoms with Gasteiger partial charge in [0.25, 0.3) is 0 Å². The lowest BCUT2D eigenvalue weighted by atomic mass is 10.1. The van der Waals surface area contributed by atoms with Crippen LogP contribution < -0.4 is 19.5 Å². The number of benzene rings is 2. The molecule has 0 heterocycles. The number of phenols is 1. The first-order chi connectivity index (χ1) is 13.4. The molecular weight excluding hydrogens is 358 g/mol. The minimum Gasteiger partial charge on any atom is -0.508 e. The fourth-order valence-electron chi connectivity index (χ4n) is 2.91. The molecule has 7 heteroatoms. The van der Waals surface area contributed by atoms with Gasteiger partial charge in [0, 0.05) is 32.7 Å². The van der Waals surface area contributed by atoms with E-state index in [4.69, 9.17) is 14.2 Å². The van der Waals surface area contributed by atoms with Gasteiger partial charge >= 0.3 is 0 Å². The Kier molecular flexibility index (Phi) is 7.37. The second-order valence-corrected chi connectivity index (χ2v) is 6.39. The zero-order chi connectivity index (χ0) is 20.7. The molecule has 0 amide bonds. The van der Waals surface area contributed by atoms with E-state index in [0.717, 1.165) is 16.7 Å². The van der Waals surface area contributed by atoms with Crippen molar-refractivity contribution in [3.8, 4) is 23.0 Å². The Morgan fingerprint density at radius 2 is 1.71 bits per heavy atom. The standard InChI is InChI=1S/C21H29N3O4/c1-14-9-19(27-5)20(28-6)11-16(14)13-24(3)21(22-2)23-12-15-10-17(26-4)7-8-18(15)25/h7-11,25H,12-13H2,1-6H3,(H,22,23). The molecular formula is C21H29N3O4. The summed E-state index contributed by atoms with van der Waals surface area (Å²) < 4.78 is 16.0. The Balaban J connectivity index is 2.11. The molecule has 2 N–H and O–H groups in total. The van der Waals surface area contributed by atoms with Crippen molar-refractivity contribution in [1.82, 2.24) is 10.2 Å². The molecule has 152 valence electrons. The summed E-state index contributed by atoms with van der Waals surface area (Å²) in [5.41, 5.74) is 2.94. The minimum absolute atomic E-state index is 0.210. The van der Waals surface area contributed by atoms with Crippen LogP contribution in [0.25, 0.3) is 0 Å². The predicted molar refractivity (Wildman–Crippen MR) is 111 cm³/mol. The first-order valence-electron chi connectivity index (χ1n) is 8.92. The summed E-state index contributed by atoms with van der Waals surface area (Å²) in [5.74, 6) is 3.01. The summed E-state index contributed by atoms with van der Waals surface area (Å²) >= 11 is 0. The van der Waals surface area contributed by atoms with E-state index in [1.165, 1.54) is 0 Å². The van der Waals surface area contributed by atoms with Gasteiger partial charge in [-0.05, 0) is 48.4 Å². The normalized spacial score (nSPS) is 11.1. The summed E-state index contributed by atoms with van der Waals surface area (Å²) in [6.45, 7) is 3.09. The highest BCUT2D eigenvalue weighted by atomic mass is 16.5. The SMILES string of the molecule is CN=C(NCc1cc(OC)ccc1O)N(C)Cc1cc(OC)c(OC)cc1C. The van der Waals surface area contributed by atoms with Gasteiger partial charge in [-0.1, -0.05) is 0 Å². The Bertz CT molecular complexity index is 837. The molecule has 0 bridgehead atoms. The average Bonchev–Trinajstić information content (AvgIpc) is 2.70. The van der Waals surface area contributed by atoms with Crippen LogP contribution in [0, 0.1) is 6.92 Å². The summed E-state index contributed by atoms with van der Waals surface area (Å²) in [6, 6.07) is 9.08. The molecule has 0 unspecified atom stereocenters. The van der Waals surface area contributed by atoms with E-state index < -0.39 is 0 Å². The summed E-state index contributed by atoms with van der Waals surface area (Å²) in [6.07, 6.45) is 0. The fraction of sp³-hybridized carbons (Fsp3) is 0.381. The lowest BCUT2D eigenvalue weighted by Gasteiger charge is -2.24. The van der Waals surface area contributed by atoms with Crippen molar-refractivity contribution in [2.75, 3.05) is 35.4 Å². The molecule has 0 atom stereocenters. The molecule has 0 aliphatic heterocycles. The van der Waals surface area contributed by atoms with Crippen LogP contribution in [0.2, 0.25) is 0 Å². The molecule has 0 saturated heterocycles. The van der Waals surface area contributed by atoms with E-state index in [0.29, 0.717) is 36.3 Å².